The van der Waals surface area contributed by atoms with E-state index in [0.29, 0.717) is 0 Å². The van der Waals surface area contributed by atoms with Gasteiger partial charge in [0, 0.05) is 32.7 Å². The minimum absolute atomic E-state index is 0.106. The molecule has 0 radical (unpaired) electrons. The molecular weight excluding hydrogens is 224 g/mol. The Hall–Kier alpha value is -0.930. The van der Waals surface area contributed by atoms with Gasteiger partial charge in [0.05, 0.1) is 0 Å². The Labute approximate surface area is 112 Å². The summed E-state index contributed by atoms with van der Waals surface area (Å²) in [5.41, 5.74) is 2.55. The number of hydrogen-bond acceptors (Lipinski definition) is 3. The molecule has 0 atom stereocenters. The lowest BCUT2D eigenvalue weighted by atomic mass is 10.1. The fourth-order valence-electron chi connectivity index (χ4n) is 1.71. The summed E-state index contributed by atoms with van der Waals surface area (Å²) >= 11 is 0. The van der Waals surface area contributed by atoms with Gasteiger partial charge in [-0.15, -0.1) is 0 Å². The maximum absolute atomic E-state index is 10.8. The first-order valence-electron chi connectivity index (χ1n) is 6.87. The highest BCUT2D eigenvalue weighted by molar-refractivity contribution is 5.87. The van der Waals surface area contributed by atoms with Crippen LogP contribution in [0.1, 0.15) is 34.6 Å². The molecule has 104 valence electrons. The van der Waals surface area contributed by atoms with E-state index < -0.39 is 0 Å². The van der Waals surface area contributed by atoms with Crippen molar-refractivity contribution in [3.8, 4) is 0 Å². The van der Waals surface area contributed by atoms with Crippen molar-refractivity contribution >= 4 is 5.78 Å². The second kappa shape index (κ2) is 10.0. The van der Waals surface area contributed by atoms with Crippen LogP contribution in [0.25, 0.3) is 0 Å². The smallest absolute Gasteiger partial charge is 0.152 e. The van der Waals surface area contributed by atoms with Gasteiger partial charge in [0.15, 0.2) is 5.78 Å². The summed E-state index contributed by atoms with van der Waals surface area (Å²) in [6.07, 6.45) is 3.55. The number of nitrogens with zero attached hydrogens (tertiary/aromatic N) is 1. The summed E-state index contributed by atoms with van der Waals surface area (Å²) in [5, 5.41) is 3.34. The highest BCUT2D eigenvalue weighted by Gasteiger charge is 2.09. The summed E-state index contributed by atoms with van der Waals surface area (Å²) in [4.78, 5) is 13.3. The maximum Gasteiger partial charge on any atom is 0.152 e. The molecule has 1 aliphatic rings. The molecule has 0 aromatic heterocycles. The summed E-state index contributed by atoms with van der Waals surface area (Å²) < 4.78 is 0. The van der Waals surface area contributed by atoms with Gasteiger partial charge in [-0.3, -0.25) is 9.69 Å². The molecule has 1 heterocycles. The Balaban J connectivity index is 0.00000137. The molecule has 0 spiro atoms. The molecule has 0 saturated carbocycles. The van der Waals surface area contributed by atoms with Crippen molar-refractivity contribution < 1.29 is 4.79 Å². The number of nitrogens with one attached hydrogen (secondary N) is 1. The summed E-state index contributed by atoms with van der Waals surface area (Å²) in [7, 11) is 0. The molecule has 3 heteroatoms. The maximum atomic E-state index is 10.8. The zero-order chi connectivity index (χ0) is 14.0. The molecule has 1 aliphatic heterocycles. The SMILES string of the molecule is CC.CC(=O)/C=C\C(C)=C(/C)CN1CCNCC1. The Bertz CT molecular complexity index is 300. The molecule has 1 fully saturated rings. The first kappa shape index (κ1) is 17.1. The zero-order valence-corrected chi connectivity index (χ0v) is 12.5. The average Bonchev–Trinajstić information content (AvgIpc) is 2.39. The van der Waals surface area contributed by atoms with Crippen LogP contribution in [0.15, 0.2) is 23.3 Å². The molecule has 18 heavy (non-hydrogen) atoms. The van der Waals surface area contributed by atoms with Gasteiger partial charge in [0.25, 0.3) is 0 Å². The third-order valence-electron chi connectivity index (χ3n) is 2.91. The minimum atomic E-state index is 0.106. The number of piperazine rings is 1. The van der Waals surface area contributed by atoms with Crippen molar-refractivity contribution in [2.24, 2.45) is 0 Å². The van der Waals surface area contributed by atoms with E-state index in [0.717, 1.165) is 32.7 Å². The van der Waals surface area contributed by atoms with Crippen molar-refractivity contribution in [1.82, 2.24) is 10.2 Å². The highest BCUT2D eigenvalue weighted by Crippen LogP contribution is 2.08. The van der Waals surface area contributed by atoms with Crippen molar-refractivity contribution in [2.75, 3.05) is 32.7 Å². The van der Waals surface area contributed by atoms with E-state index in [4.69, 9.17) is 0 Å². The predicted molar refractivity (Wildman–Crippen MR) is 78.9 cm³/mol. The lowest BCUT2D eigenvalue weighted by molar-refractivity contribution is -0.112. The fourth-order valence-corrected chi connectivity index (χ4v) is 1.71. The molecule has 0 aromatic rings. The van der Waals surface area contributed by atoms with E-state index in [9.17, 15) is 4.79 Å². The van der Waals surface area contributed by atoms with E-state index in [1.807, 2.05) is 19.9 Å². The molecule has 0 unspecified atom stereocenters. The van der Waals surface area contributed by atoms with Gasteiger partial charge < -0.3 is 5.32 Å². The van der Waals surface area contributed by atoms with Crippen LogP contribution in [-0.2, 0) is 4.79 Å². The van der Waals surface area contributed by atoms with Crippen molar-refractivity contribution in [3.05, 3.63) is 23.3 Å². The van der Waals surface area contributed by atoms with Crippen LogP contribution in [0.3, 0.4) is 0 Å². The summed E-state index contributed by atoms with van der Waals surface area (Å²) in [6.45, 7) is 15.2. The van der Waals surface area contributed by atoms with Crippen LogP contribution in [0.2, 0.25) is 0 Å². The van der Waals surface area contributed by atoms with Crippen LogP contribution < -0.4 is 5.32 Å². The Morgan fingerprint density at radius 2 is 1.67 bits per heavy atom. The second-order valence-electron chi connectivity index (χ2n) is 4.43. The predicted octanol–water partition coefficient (Wildman–Crippen LogP) is 2.40. The largest absolute Gasteiger partial charge is 0.314 e. The van der Waals surface area contributed by atoms with E-state index in [1.165, 1.54) is 11.1 Å². The number of carbonyl (C=O) groups excluding carboxylic acids is 1. The topological polar surface area (TPSA) is 32.3 Å². The van der Waals surface area contributed by atoms with Crippen molar-refractivity contribution in [2.45, 2.75) is 34.6 Å². The number of hydrogen-bond donors (Lipinski definition) is 1. The lowest BCUT2D eigenvalue weighted by Gasteiger charge is -2.27. The van der Waals surface area contributed by atoms with Gasteiger partial charge in [-0.2, -0.15) is 0 Å². The summed E-state index contributed by atoms with van der Waals surface area (Å²) in [6, 6.07) is 0. The summed E-state index contributed by atoms with van der Waals surface area (Å²) in [5.74, 6) is 0.106. The van der Waals surface area contributed by atoms with Gasteiger partial charge in [-0.05, 0) is 26.8 Å². The molecule has 3 nitrogen and oxygen atoms in total. The lowest BCUT2D eigenvalue weighted by Crippen LogP contribution is -2.44. The third kappa shape index (κ3) is 7.41. The molecule has 1 saturated heterocycles. The molecule has 0 aromatic carbocycles. The average molecular weight is 252 g/mol. The van der Waals surface area contributed by atoms with Gasteiger partial charge in [-0.1, -0.05) is 31.1 Å². The minimum Gasteiger partial charge on any atom is -0.314 e. The van der Waals surface area contributed by atoms with Crippen LogP contribution in [0.5, 0.6) is 0 Å². The van der Waals surface area contributed by atoms with Crippen molar-refractivity contribution in [3.63, 3.8) is 0 Å². The Morgan fingerprint density at radius 1 is 1.11 bits per heavy atom. The van der Waals surface area contributed by atoms with Gasteiger partial charge in [0.2, 0.25) is 0 Å². The third-order valence-corrected chi connectivity index (χ3v) is 2.91. The fraction of sp³-hybridized carbons (Fsp3) is 0.667. The number of ketones is 1. The highest BCUT2D eigenvalue weighted by atomic mass is 16.1. The van der Waals surface area contributed by atoms with Crippen LogP contribution in [0.4, 0.5) is 0 Å². The van der Waals surface area contributed by atoms with Crippen LogP contribution in [0, 0.1) is 0 Å². The first-order valence-corrected chi connectivity index (χ1v) is 6.87. The van der Waals surface area contributed by atoms with Gasteiger partial charge >= 0.3 is 0 Å². The monoisotopic (exact) mass is 252 g/mol. The first-order chi connectivity index (χ1) is 8.59. The van der Waals surface area contributed by atoms with E-state index in [2.05, 4.69) is 24.1 Å². The Kier molecular flexibility index (Phi) is 9.52. The molecule has 0 aliphatic carbocycles. The Morgan fingerprint density at radius 3 is 2.17 bits per heavy atom. The quantitative estimate of drug-likeness (QED) is 0.616. The standard InChI is InChI=1S/C13H22N2O.C2H6/c1-11(4-5-13(3)16)12(2)10-15-8-6-14-7-9-15;1-2/h4-5,14H,6-10H2,1-3H3;1-2H3/b5-4-,12-11+;. The number of rotatable bonds is 4. The van der Waals surface area contributed by atoms with Crippen LogP contribution in [-0.4, -0.2) is 43.4 Å². The van der Waals surface area contributed by atoms with Gasteiger partial charge in [-0.25, -0.2) is 0 Å². The van der Waals surface area contributed by atoms with E-state index in [1.54, 1.807) is 13.0 Å². The van der Waals surface area contributed by atoms with E-state index >= 15 is 0 Å². The molecule has 1 N–H and O–H groups in total. The molecule has 0 bridgehead atoms. The normalized spacial score (nSPS) is 18.1. The number of allylic oxidation sites excluding steroid dienone is 3. The van der Waals surface area contributed by atoms with E-state index in [-0.39, 0.29) is 5.78 Å². The zero-order valence-electron chi connectivity index (χ0n) is 12.5. The molecular formula is C15H28N2O. The second-order valence-corrected chi connectivity index (χ2v) is 4.43. The van der Waals surface area contributed by atoms with Crippen molar-refractivity contribution in [1.29, 1.82) is 0 Å². The molecule has 0 amide bonds. The molecule has 1 rings (SSSR count). The number of carbonyl (C=O) groups is 1. The van der Waals surface area contributed by atoms with Crippen LogP contribution >= 0.6 is 0 Å². The van der Waals surface area contributed by atoms with Gasteiger partial charge in [0.1, 0.15) is 0 Å².